The van der Waals surface area contributed by atoms with Crippen LogP contribution in [-0.4, -0.2) is 212 Å². The fourth-order valence-electron chi connectivity index (χ4n) is 11.5. The average Bonchev–Trinajstić information content (AvgIpc) is 1.49. The van der Waals surface area contributed by atoms with Gasteiger partial charge in [-0.2, -0.15) is 0 Å². The number of aliphatic hydroxyl groups is 2. The molecule has 2 aromatic carbocycles. The minimum absolute atomic E-state index is 0. The number of carbonyl (C=O) groups is 4. The molecule has 3 unspecified atom stereocenters. The van der Waals surface area contributed by atoms with Gasteiger partial charge in [-0.05, 0) is 160 Å². The number of benzene rings is 2. The SMILES string of the molecule is CC(C)CC(NC(=O)[C@@H](N)CO[Si](C)(C)C(C)(C)C)[C@H](O)[C@@]1(CO[Si](C)(C)C(C)(C)C)CO1.COc1cc2c(c(OC)c1OC)CC(C(=O)N[C@@H](CO[Si](C)(C)C(C)(C)C)C(=O)NC(CC(C)C)[C@H](O)[C@@]1(CO[Si](C)(C)C(C)(C)C)CO1)CC2.COc1cc2c(c(OC)c1OC)C[C@@H](C(=O)O)CC2.[3H][B].[U]. The first-order valence-corrected chi connectivity index (χ1v) is 48.5. The maximum atomic E-state index is 14.3. The number of nitrogens with one attached hydrogen (secondary N) is 3. The first-order chi connectivity index (χ1) is 48.2. The number of aliphatic carboxylic acids is 1. The van der Waals surface area contributed by atoms with Gasteiger partial charge in [-0.3, -0.25) is 19.2 Å². The molecule has 0 aromatic heterocycles. The molecule has 10 atom stereocenters. The number of rotatable bonds is 33. The number of amides is 3. The monoisotopic (exact) mass is 1770 g/mol. The van der Waals surface area contributed by atoms with Crippen LogP contribution in [0.15, 0.2) is 12.1 Å². The van der Waals surface area contributed by atoms with Crippen molar-refractivity contribution in [3.63, 3.8) is 0 Å². The summed E-state index contributed by atoms with van der Waals surface area (Å²) in [6.07, 6.45) is 2.74. The van der Waals surface area contributed by atoms with E-state index in [1.54, 1.807) is 42.7 Å². The molecule has 29 heteroatoms. The van der Waals surface area contributed by atoms with Gasteiger partial charge < -0.3 is 92.6 Å². The standard InChI is InChI=1S/C38H68N2O9Si2.C24H52N2O5Si2.C14H18O5.BH.U/c1-24(2)18-28(33(41)38(22-47-38)23-49-51(14,15)37(6,7)8)39-35(43)29(21-48-50(12,13)36(3,4)5)40-34(42)26-17-16-25-20-30(44-9)32(46-11)31(45-10)27(25)19-26;1-17(2)13-19(26-21(28)18(25)14-30-32(9,10)22(3,4)5)20(27)24(15-29-24)16-31-33(11,12)23(6,7)8;1-17-11-7-8-4-5-9(14(15)16)6-10(8)12(18-2)13(11)19-3;;/h20,24,26,28-29,33,41H,16-19,21-23H2,1-15H3,(H,39,43)(H,40,42);17-20,27H,13-16,25H2,1-12H3,(H,26,28);7,9H,4-6H2,1-3H3,(H,15,16);1H;/t26?,28?,29-,33-,38-;18-,19?,20-,24-;9-;;/m000../s1/i;;;1T;. The number of methoxy groups -OCH3 is 6. The smallest absolute Gasteiger partial charge is 0.306 e. The van der Waals surface area contributed by atoms with Crippen molar-refractivity contribution < 1.29 is 121 Å². The van der Waals surface area contributed by atoms with Crippen LogP contribution in [0.25, 0.3) is 0 Å². The molecule has 2 saturated heterocycles. The van der Waals surface area contributed by atoms with Crippen molar-refractivity contribution in [3.8, 4) is 34.5 Å². The fourth-order valence-corrected chi connectivity index (χ4v) is 15.7. The summed E-state index contributed by atoms with van der Waals surface area (Å²) in [5.41, 5.74) is 8.46. The van der Waals surface area contributed by atoms with Gasteiger partial charge in [0.25, 0.3) is 0 Å². The molecule has 4 aliphatic rings. The first kappa shape index (κ1) is 95.9. The molecule has 2 fully saturated rings. The molecule has 23 nitrogen and oxygen atoms in total. The summed E-state index contributed by atoms with van der Waals surface area (Å²) in [7, 11) is 4.76. The molecule has 2 aliphatic heterocycles. The van der Waals surface area contributed by atoms with Crippen LogP contribution in [0.4, 0.5) is 0 Å². The first-order valence-electron chi connectivity index (χ1n) is 37.5. The Kier molecular flexibility index (Phi) is 35.9. The summed E-state index contributed by atoms with van der Waals surface area (Å²) in [5, 5.41) is 41.4. The van der Waals surface area contributed by atoms with E-state index >= 15 is 0 Å². The average molecular weight is 1780 g/mol. The summed E-state index contributed by atoms with van der Waals surface area (Å²) < 4.78 is 75.4. The fraction of sp³-hybridized carbons (Fsp3) is 0.789. The van der Waals surface area contributed by atoms with Gasteiger partial charge >= 0.3 is 5.97 Å². The van der Waals surface area contributed by atoms with E-state index in [9.17, 15) is 29.4 Å². The van der Waals surface area contributed by atoms with E-state index in [2.05, 4.69) is 187 Å². The molecule has 0 spiro atoms. The number of carbonyl (C=O) groups excluding carboxylic acids is 3. The third-order valence-electron chi connectivity index (χ3n) is 23.0. The Morgan fingerprint density at radius 2 is 0.867 bits per heavy atom. The van der Waals surface area contributed by atoms with Gasteiger partial charge in [-0.1, -0.05) is 111 Å². The van der Waals surface area contributed by atoms with E-state index < -0.39 is 98.6 Å². The second kappa shape index (κ2) is 39.3. The van der Waals surface area contributed by atoms with Crippen LogP contribution in [0.5, 0.6) is 34.5 Å². The van der Waals surface area contributed by atoms with E-state index in [0.29, 0.717) is 106 Å². The second-order valence-corrected chi connectivity index (χ2v) is 55.0. The summed E-state index contributed by atoms with van der Waals surface area (Å²) in [6, 6.07) is 1.00. The van der Waals surface area contributed by atoms with Crippen molar-refractivity contribution in [2.45, 2.75) is 282 Å². The largest absolute Gasteiger partial charge is 0.493 e. The quantitative estimate of drug-likeness (QED) is 0.0258. The van der Waals surface area contributed by atoms with Crippen LogP contribution in [0.2, 0.25) is 72.5 Å². The number of aryl methyl sites for hydroxylation is 2. The number of fused-ring (bicyclic) bond motifs is 2. The molecule has 2 heterocycles. The summed E-state index contributed by atoms with van der Waals surface area (Å²) in [4.78, 5) is 52.4. The van der Waals surface area contributed by atoms with Crippen LogP contribution in [0.3, 0.4) is 0 Å². The third kappa shape index (κ3) is 25.9. The summed E-state index contributed by atoms with van der Waals surface area (Å²) in [6.45, 7) is 53.0. The number of aliphatic hydroxyl groups excluding tert-OH is 2. The van der Waals surface area contributed by atoms with E-state index in [4.69, 9.17) is 67.8 Å². The molecule has 105 heavy (non-hydrogen) atoms. The molecule has 2 aromatic rings. The maximum Gasteiger partial charge on any atom is 0.306 e. The predicted molar refractivity (Wildman–Crippen MR) is 423 cm³/mol. The van der Waals surface area contributed by atoms with Crippen molar-refractivity contribution in [2.24, 2.45) is 29.4 Å². The molecule has 2 aliphatic carbocycles. The Balaban J connectivity index is 0.000000590. The normalized spacial score (nSPS) is 20.7. The number of hydrogen-bond acceptors (Lipinski definition) is 19. The Hall–Kier alpha value is -3.26. The van der Waals surface area contributed by atoms with Crippen molar-refractivity contribution in [3.05, 3.63) is 34.4 Å². The van der Waals surface area contributed by atoms with E-state index in [-0.39, 0.29) is 101 Å². The minimum Gasteiger partial charge on any atom is -0.493 e. The van der Waals surface area contributed by atoms with Crippen LogP contribution >= 0.6 is 0 Å². The summed E-state index contributed by atoms with van der Waals surface area (Å²) >= 11 is 0. The van der Waals surface area contributed by atoms with Crippen LogP contribution in [0, 0.1) is 54.8 Å². The molecule has 600 valence electrons. The Morgan fingerprint density at radius 3 is 1.18 bits per heavy atom. The topological polar surface area (TPSA) is 308 Å². The van der Waals surface area contributed by atoms with Gasteiger partial charge in [0.05, 0.1) is 100 Å². The van der Waals surface area contributed by atoms with Crippen LogP contribution in [0.1, 0.15) is 159 Å². The molecule has 8 N–H and O–H groups in total. The summed E-state index contributed by atoms with van der Waals surface area (Å²) in [5.74, 6) is 1.34. The molecular formula is C76H139BN4O19Si4U. The number of carboxylic acid groups (broad SMARTS) is 1. The van der Waals surface area contributed by atoms with E-state index in [1.165, 1.54) is 0 Å². The molecule has 0 saturated carbocycles. The van der Waals surface area contributed by atoms with Gasteiger partial charge in [0.15, 0.2) is 56.3 Å². The third-order valence-corrected chi connectivity index (χ3v) is 40.9. The number of hydrogen-bond donors (Lipinski definition) is 7. The number of ether oxygens (including phenoxy) is 8. The molecule has 2 radical (unpaired) electrons. The van der Waals surface area contributed by atoms with Crippen molar-refractivity contribution >= 4 is 65.3 Å². The molecule has 6 rings (SSSR count). The minimum atomic E-state index is -2.29. The van der Waals surface area contributed by atoms with Crippen molar-refractivity contribution in [2.75, 3.05) is 82.3 Å². The molecular weight excluding hydrogens is 1630 g/mol. The molecule has 0 bridgehead atoms. The Morgan fingerprint density at radius 1 is 0.543 bits per heavy atom. The zero-order chi connectivity index (χ0) is 80.8. The van der Waals surface area contributed by atoms with Crippen LogP contribution < -0.4 is 50.1 Å². The van der Waals surface area contributed by atoms with Crippen LogP contribution in [-0.2, 0) is 72.0 Å². The number of carboxylic acids is 1. The Labute approximate surface area is 662 Å². The van der Waals surface area contributed by atoms with Gasteiger partial charge in [-0.25, -0.2) is 0 Å². The molecule has 3 amide bonds. The van der Waals surface area contributed by atoms with Gasteiger partial charge in [-0.15, -0.1) is 0 Å². The second-order valence-electron chi connectivity index (χ2n) is 35.8. The van der Waals surface area contributed by atoms with E-state index in [1.807, 2.05) is 12.1 Å². The maximum absolute atomic E-state index is 14.3. The number of nitrogens with two attached hydrogens (primary N) is 1. The van der Waals surface area contributed by atoms with Gasteiger partial charge in [0.1, 0.15) is 35.5 Å². The van der Waals surface area contributed by atoms with E-state index in [0.717, 1.165) is 22.3 Å². The number of epoxide rings is 2. The zero-order valence-corrected chi connectivity index (χ0v) is 78.0. The Bertz CT molecular complexity index is 3150. The van der Waals surface area contributed by atoms with Gasteiger partial charge in [0, 0.05) is 56.5 Å². The van der Waals surface area contributed by atoms with Crippen molar-refractivity contribution in [1.29, 1.82) is 1.34 Å². The zero-order valence-electron chi connectivity index (χ0n) is 70.9. The predicted octanol–water partition coefficient (Wildman–Crippen LogP) is 11.3. The van der Waals surface area contributed by atoms with Crippen molar-refractivity contribution in [1.82, 2.24) is 16.0 Å². The van der Waals surface area contributed by atoms with Gasteiger partial charge in [0.2, 0.25) is 29.2 Å².